The summed E-state index contributed by atoms with van der Waals surface area (Å²) in [4.78, 5) is 13.4. The normalized spacial score (nSPS) is 31.9. The van der Waals surface area contributed by atoms with Crippen LogP contribution in [-0.4, -0.2) is 36.5 Å². The van der Waals surface area contributed by atoms with E-state index in [0.717, 1.165) is 6.42 Å². The van der Waals surface area contributed by atoms with Gasteiger partial charge in [-0.05, 0) is 48.2 Å². The summed E-state index contributed by atoms with van der Waals surface area (Å²) >= 11 is 1.73. The molecule has 0 unspecified atom stereocenters. The molecule has 164 valence electrons. The lowest BCUT2D eigenvalue weighted by Crippen LogP contribution is -2.55. The van der Waals surface area contributed by atoms with E-state index in [-0.39, 0.29) is 16.6 Å². The van der Waals surface area contributed by atoms with Gasteiger partial charge in [0.1, 0.15) is 6.10 Å². The molecule has 1 aliphatic carbocycles. The van der Waals surface area contributed by atoms with Gasteiger partial charge in [-0.3, -0.25) is 4.79 Å². The Morgan fingerprint density at radius 1 is 1.04 bits per heavy atom. The number of hydrogen-bond donors (Lipinski definition) is 0. The lowest BCUT2D eigenvalue weighted by Gasteiger charge is -2.50. The summed E-state index contributed by atoms with van der Waals surface area (Å²) in [6.45, 7) is 22.5. The quantitative estimate of drug-likeness (QED) is 0.417. The zero-order chi connectivity index (χ0) is 21.4. The van der Waals surface area contributed by atoms with E-state index in [2.05, 4.69) is 62.3 Å². The van der Waals surface area contributed by atoms with Crippen LogP contribution in [0.5, 0.6) is 0 Å². The first-order valence-corrected chi connectivity index (χ1v) is 14.4. The fraction of sp³-hybridized carbons (Fsp3) is 0.957. The highest BCUT2D eigenvalue weighted by Gasteiger charge is 2.51. The summed E-state index contributed by atoms with van der Waals surface area (Å²) < 4.78 is 13.3. The van der Waals surface area contributed by atoms with Gasteiger partial charge in [0.05, 0.1) is 6.10 Å². The molecule has 2 fully saturated rings. The summed E-state index contributed by atoms with van der Waals surface area (Å²) in [5, 5.41) is 0. The van der Waals surface area contributed by atoms with Crippen molar-refractivity contribution in [3.63, 3.8) is 0 Å². The molecule has 28 heavy (non-hydrogen) atoms. The average molecular weight is 429 g/mol. The van der Waals surface area contributed by atoms with E-state index in [9.17, 15) is 4.79 Å². The van der Waals surface area contributed by atoms with Gasteiger partial charge in [0.15, 0.2) is 11.2 Å². The highest BCUT2D eigenvalue weighted by molar-refractivity contribution is 8.01. The minimum atomic E-state index is -2.08. The van der Waals surface area contributed by atoms with Crippen LogP contribution in [0.2, 0.25) is 16.6 Å². The van der Waals surface area contributed by atoms with E-state index in [0.29, 0.717) is 28.5 Å². The molecule has 1 heterocycles. The molecular weight excluding hydrogens is 384 g/mol. The summed E-state index contributed by atoms with van der Waals surface area (Å²) in [6, 6.07) is 0. The molecule has 0 aromatic rings. The summed E-state index contributed by atoms with van der Waals surface area (Å²) in [5.41, 5.74) is 1.03. The third-order valence-corrected chi connectivity index (χ3v) is 15.0. The van der Waals surface area contributed by atoms with Crippen LogP contribution in [0, 0.1) is 11.8 Å². The monoisotopic (exact) mass is 428 g/mol. The molecule has 0 spiro atoms. The molecule has 0 radical (unpaired) electrons. The summed E-state index contributed by atoms with van der Waals surface area (Å²) in [7, 11) is -2.08. The van der Waals surface area contributed by atoms with Crippen LogP contribution in [0.25, 0.3) is 0 Å². The molecule has 0 amide bonds. The number of ketones is 1. The second-order valence-corrected chi connectivity index (χ2v) is 17.9. The van der Waals surface area contributed by atoms with Crippen LogP contribution >= 0.6 is 11.8 Å². The van der Waals surface area contributed by atoms with Crippen molar-refractivity contribution in [1.29, 1.82) is 0 Å². The van der Waals surface area contributed by atoms with Gasteiger partial charge in [-0.15, -0.1) is 11.8 Å². The lowest BCUT2D eigenvalue weighted by atomic mass is 9.75. The van der Waals surface area contributed by atoms with Crippen LogP contribution in [0.1, 0.15) is 88.5 Å². The zero-order valence-corrected chi connectivity index (χ0v) is 21.7. The largest absolute Gasteiger partial charge is 0.406 e. The highest BCUT2D eigenvalue weighted by Crippen LogP contribution is 2.51. The van der Waals surface area contributed by atoms with Crippen molar-refractivity contribution in [2.75, 3.05) is 0 Å². The van der Waals surface area contributed by atoms with E-state index >= 15 is 0 Å². The first-order valence-electron chi connectivity index (χ1n) is 11.4. The zero-order valence-electron chi connectivity index (χ0n) is 19.9. The van der Waals surface area contributed by atoms with E-state index in [1.807, 2.05) is 6.92 Å². The minimum absolute atomic E-state index is 0.0752. The van der Waals surface area contributed by atoms with Gasteiger partial charge in [-0.1, -0.05) is 68.7 Å². The van der Waals surface area contributed by atoms with Gasteiger partial charge in [-0.25, -0.2) is 0 Å². The molecule has 0 N–H and O–H groups in total. The Morgan fingerprint density at radius 2 is 1.57 bits per heavy atom. The molecule has 1 saturated carbocycles. The van der Waals surface area contributed by atoms with Crippen molar-refractivity contribution in [2.24, 2.45) is 11.8 Å². The first kappa shape index (κ1) is 24.4. The molecule has 2 aliphatic rings. The molecule has 5 atom stereocenters. The molecule has 0 aromatic carbocycles. The Kier molecular flexibility index (Phi) is 7.95. The standard InChI is InChI=1S/C23H44O3SSi/c1-14(2)28(15(3)4,16(5)6)26-18(8)21(24)22-25-20-13-17(7)11-12-19(20)23(9,10)27-22/h14-20,22H,11-13H2,1-10H3/t17-,18-,19-,20-,22-/m1/s1. The number of Topliss-reactive ketones (excluding diaryl/α,β-unsaturated/α-hetero) is 1. The fourth-order valence-electron chi connectivity index (χ4n) is 5.91. The maximum Gasteiger partial charge on any atom is 0.201 e. The van der Waals surface area contributed by atoms with Gasteiger partial charge in [0, 0.05) is 4.75 Å². The molecule has 1 saturated heterocycles. The van der Waals surface area contributed by atoms with E-state index < -0.39 is 19.9 Å². The van der Waals surface area contributed by atoms with Gasteiger partial charge >= 0.3 is 0 Å². The van der Waals surface area contributed by atoms with Gasteiger partial charge in [0.2, 0.25) is 8.32 Å². The van der Waals surface area contributed by atoms with Crippen LogP contribution < -0.4 is 0 Å². The van der Waals surface area contributed by atoms with Crippen LogP contribution in [0.4, 0.5) is 0 Å². The third kappa shape index (κ3) is 4.73. The predicted octanol–water partition coefficient (Wildman–Crippen LogP) is 6.81. The predicted molar refractivity (Wildman–Crippen MR) is 123 cm³/mol. The number of thioether (sulfide) groups is 1. The number of hydrogen-bond acceptors (Lipinski definition) is 4. The third-order valence-electron chi connectivity index (χ3n) is 7.38. The molecule has 1 aliphatic heterocycles. The lowest BCUT2D eigenvalue weighted by molar-refractivity contribution is -0.140. The van der Waals surface area contributed by atoms with Crippen molar-refractivity contribution >= 4 is 25.9 Å². The van der Waals surface area contributed by atoms with Crippen molar-refractivity contribution in [2.45, 2.75) is 128 Å². The number of carbonyl (C=O) groups excluding carboxylic acids is 1. The van der Waals surface area contributed by atoms with E-state index in [1.165, 1.54) is 12.8 Å². The summed E-state index contributed by atoms with van der Waals surface area (Å²) in [5.74, 6) is 1.37. The first-order chi connectivity index (χ1) is 12.8. The SMILES string of the molecule is CC(C)[Si](O[C@H](C)C(=O)[C@@H]1O[C@@H]2C[C@H](C)CC[C@H]2C(C)(C)S1)(C(C)C)C(C)C. The molecule has 0 aromatic heterocycles. The second-order valence-electron chi connectivity index (χ2n) is 10.7. The van der Waals surface area contributed by atoms with Crippen LogP contribution in [0.15, 0.2) is 0 Å². The number of ether oxygens (including phenoxy) is 1. The minimum Gasteiger partial charge on any atom is -0.406 e. The van der Waals surface area contributed by atoms with Crippen molar-refractivity contribution in [3.8, 4) is 0 Å². The van der Waals surface area contributed by atoms with Gasteiger partial charge in [0.25, 0.3) is 0 Å². The molecule has 2 rings (SSSR count). The van der Waals surface area contributed by atoms with Crippen LogP contribution in [-0.2, 0) is 14.0 Å². The smallest absolute Gasteiger partial charge is 0.201 e. The van der Waals surface area contributed by atoms with Crippen molar-refractivity contribution < 1.29 is 14.0 Å². The topological polar surface area (TPSA) is 35.5 Å². The van der Waals surface area contributed by atoms with Crippen LogP contribution in [0.3, 0.4) is 0 Å². The van der Waals surface area contributed by atoms with E-state index in [1.54, 1.807) is 11.8 Å². The fourth-order valence-corrected chi connectivity index (χ4v) is 13.0. The Labute approximate surface area is 179 Å². The van der Waals surface area contributed by atoms with Gasteiger partial charge in [-0.2, -0.15) is 0 Å². The van der Waals surface area contributed by atoms with E-state index in [4.69, 9.17) is 9.16 Å². The Balaban J connectivity index is 2.18. The van der Waals surface area contributed by atoms with Crippen molar-refractivity contribution in [1.82, 2.24) is 0 Å². The molecular formula is C23H44O3SSi. The Bertz CT molecular complexity index is 524. The Hall–Kier alpha value is 0.157. The maximum atomic E-state index is 13.4. The second kappa shape index (κ2) is 9.11. The Morgan fingerprint density at radius 3 is 2.07 bits per heavy atom. The average Bonchev–Trinajstić information content (AvgIpc) is 2.56. The number of rotatable bonds is 7. The molecule has 0 bridgehead atoms. The summed E-state index contributed by atoms with van der Waals surface area (Å²) in [6.07, 6.45) is 3.38. The number of fused-ring (bicyclic) bond motifs is 1. The van der Waals surface area contributed by atoms with Gasteiger partial charge < -0.3 is 9.16 Å². The highest BCUT2D eigenvalue weighted by atomic mass is 32.2. The maximum absolute atomic E-state index is 13.4. The van der Waals surface area contributed by atoms with Crippen molar-refractivity contribution in [3.05, 3.63) is 0 Å². The number of carbonyl (C=O) groups is 1. The molecule has 5 heteroatoms. The molecule has 3 nitrogen and oxygen atoms in total.